The van der Waals surface area contributed by atoms with Crippen LogP contribution >= 0.6 is 0 Å². The highest BCUT2D eigenvalue weighted by Gasteiger charge is 2.28. The van der Waals surface area contributed by atoms with Crippen LogP contribution in [-0.4, -0.2) is 44.6 Å². The van der Waals surface area contributed by atoms with Gasteiger partial charge in [0, 0.05) is 42.2 Å². The molecule has 0 aliphatic carbocycles. The van der Waals surface area contributed by atoms with Crippen molar-refractivity contribution in [2.75, 3.05) is 13.1 Å². The molecule has 1 aromatic carbocycles. The van der Waals surface area contributed by atoms with Crippen molar-refractivity contribution in [3.05, 3.63) is 48.5 Å². The summed E-state index contributed by atoms with van der Waals surface area (Å²) in [5.41, 5.74) is 1.54. The minimum absolute atomic E-state index is 0.247. The van der Waals surface area contributed by atoms with E-state index >= 15 is 0 Å². The number of ether oxygens (including phenoxy) is 2. The lowest BCUT2D eigenvalue weighted by atomic mass is 9.93. The maximum absolute atomic E-state index is 12.2. The average molecular weight is 394 g/mol. The molecule has 0 saturated carbocycles. The van der Waals surface area contributed by atoms with Gasteiger partial charge in [0.2, 0.25) is 5.88 Å². The second kappa shape index (κ2) is 7.73. The van der Waals surface area contributed by atoms with E-state index in [1.165, 1.54) is 0 Å². The van der Waals surface area contributed by atoms with Crippen LogP contribution < -0.4 is 4.74 Å². The fraction of sp³-hybridized carbons (Fsp3) is 0.409. The second-order valence-electron chi connectivity index (χ2n) is 8.35. The summed E-state index contributed by atoms with van der Waals surface area (Å²) in [7, 11) is 0. The van der Waals surface area contributed by atoms with Crippen LogP contribution in [-0.2, 0) is 4.74 Å². The lowest BCUT2D eigenvalue weighted by molar-refractivity contribution is 0.0204. The van der Waals surface area contributed by atoms with Crippen molar-refractivity contribution in [2.24, 2.45) is 0 Å². The van der Waals surface area contributed by atoms with E-state index in [-0.39, 0.29) is 12.0 Å². The summed E-state index contributed by atoms with van der Waals surface area (Å²) in [6.07, 6.45) is 4.87. The summed E-state index contributed by atoms with van der Waals surface area (Å²) in [4.78, 5) is 25.9. The van der Waals surface area contributed by atoms with Gasteiger partial charge in [-0.25, -0.2) is 14.8 Å². The maximum atomic E-state index is 12.2. The lowest BCUT2D eigenvalue weighted by Crippen LogP contribution is -2.41. The summed E-state index contributed by atoms with van der Waals surface area (Å²) < 4.78 is 11.4. The van der Waals surface area contributed by atoms with Crippen LogP contribution in [0.2, 0.25) is 0 Å². The third-order valence-electron chi connectivity index (χ3n) is 4.98. The Morgan fingerprint density at radius 2 is 1.93 bits per heavy atom. The Morgan fingerprint density at radius 1 is 1.14 bits per heavy atom. The van der Waals surface area contributed by atoms with E-state index in [1.54, 1.807) is 11.2 Å². The summed E-state index contributed by atoms with van der Waals surface area (Å²) >= 11 is 0. The largest absolute Gasteiger partial charge is 0.444 e. The molecule has 1 fully saturated rings. The number of aromatic amines is 1. The van der Waals surface area contributed by atoms with Crippen molar-refractivity contribution >= 4 is 17.0 Å². The van der Waals surface area contributed by atoms with Gasteiger partial charge in [-0.05, 0) is 57.9 Å². The minimum atomic E-state index is -0.476. The van der Waals surface area contributed by atoms with Crippen LogP contribution in [0, 0.1) is 0 Å². The number of hydrogen-bond donors (Lipinski definition) is 1. The van der Waals surface area contributed by atoms with Gasteiger partial charge in [0.05, 0.1) is 5.69 Å². The third kappa shape index (κ3) is 4.67. The van der Waals surface area contributed by atoms with Crippen molar-refractivity contribution < 1.29 is 14.3 Å². The van der Waals surface area contributed by atoms with Gasteiger partial charge in [0.15, 0.2) is 0 Å². The Hall–Kier alpha value is -3.09. The van der Waals surface area contributed by atoms with Crippen molar-refractivity contribution in [2.45, 2.75) is 45.1 Å². The van der Waals surface area contributed by atoms with Crippen molar-refractivity contribution in [3.8, 4) is 11.6 Å². The molecule has 0 atom stereocenters. The van der Waals surface area contributed by atoms with E-state index in [9.17, 15) is 4.79 Å². The highest BCUT2D eigenvalue weighted by molar-refractivity contribution is 5.80. The van der Waals surface area contributed by atoms with Gasteiger partial charge in [-0.2, -0.15) is 0 Å². The quantitative estimate of drug-likeness (QED) is 0.686. The maximum Gasteiger partial charge on any atom is 0.410 e. The number of aromatic nitrogens is 3. The van der Waals surface area contributed by atoms with Gasteiger partial charge in [0.1, 0.15) is 17.7 Å². The lowest BCUT2D eigenvalue weighted by Gasteiger charge is -2.33. The number of piperidine rings is 1. The molecule has 7 heteroatoms. The van der Waals surface area contributed by atoms with Crippen LogP contribution in [0.3, 0.4) is 0 Å². The number of hydrogen-bond acceptors (Lipinski definition) is 5. The van der Waals surface area contributed by atoms with Crippen molar-refractivity contribution in [1.82, 2.24) is 19.9 Å². The predicted octanol–water partition coefficient (Wildman–Crippen LogP) is 4.86. The molecule has 3 heterocycles. The Labute approximate surface area is 170 Å². The topological polar surface area (TPSA) is 80.3 Å². The van der Waals surface area contributed by atoms with Crippen molar-refractivity contribution in [1.29, 1.82) is 0 Å². The molecule has 0 radical (unpaired) electrons. The molecule has 2 aromatic heterocycles. The number of likely N-dealkylation sites (tertiary alicyclic amines) is 1. The summed E-state index contributed by atoms with van der Waals surface area (Å²) in [5, 5.41) is 1.09. The predicted molar refractivity (Wildman–Crippen MR) is 110 cm³/mol. The highest BCUT2D eigenvalue weighted by atomic mass is 16.6. The first-order valence-electron chi connectivity index (χ1n) is 9.92. The average Bonchev–Trinajstić information content (AvgIpc) is 3.15. The van der Waals surface area contributed by atoms with E-state index in [0.717, 1.165) is 35.2 Å². The van der Waals surface area contributed by atoms with Gasteiger partial charge >= 0.3 is 6.09 Å². The van der Waals surface area contributed by atoms with E-state index in [2.05, 4.69) is 15.0 Å². The summed E-state index contributed by atoms with van der Waals surface area (Å²) in [5.74, 6) is 1.53. The Morgan fingerprint density at radius 3 is 2.69 bits per heavy atom. The zero-order chi connectivity index (χ0) is 20.4. The van der Waals surface area contributed by atoms with E-state index in [1.807, 2.05) is 57.3 Å². The molecule has 0 unspecified atom stereocenters. The molecule has 3 aromatic rings. The number of H-pyrrole nitrogens is 1. The molecule has 0 spiro atoms. The molecule has 1 aliphatic heterocycles. The minimum Gasteiger partial charge on any atom is -0.444 e. The first kappa shape index (κ1) is 19.2. The summed E-state index contributed by atoms with van der Waals surface area (Å²) in [6.45, 7) is 6.96. The standard InChI is InChI=1S/C22H26N4O3/c1-22(2,3)29-21(27)26-10-7-15(8-11-26)19-13-20(25-14-24-19)28-17-4-5-18-16(12-17)6-9-23-18/h4-6,9,12-15,23H,7-8,10-11H2,1-3H3. The number of carbonyl (C=O) groups is 1. The van der Waals surface area contributed by atoms with E-state index < -0.39 is 5.60 Å². The fourth-order valence-corrected chi connectivity index (χ4v) is 3.53. The number of nitrogens with zero attached hydrogens (tertiary/aromatic N) is 3. The molecule has 1 N–H and O–H groups in total. The normalized spacial score (nSPS) is 15.5. The smallest absolute Gasteiger partial charge is 0.410 e. The van der Waals surface area contributed by atoms with Crippen LogP contribution in [0.1, 0.15) is 45.2 Å². The number of amides is 1. The molecule has 7 nitrogen and oxygen atoms in total. The van der Waals surface area contributed by atoms with Crippen molar-refractivity contribution in [3.63, 3.8) is 0 Å². The van der Waals surface area contributed by atoms with Crippen LogP contribution in [0.25, 0.3) is 10.9 Å². The van der Waals surface area contributed by atoms with Gasteiger partial charge in [-0.3, -0.25) is 0 Å². The van der Waals surface area contributed by atoms with Gasteiger partial charge in [-0.15, -0.1) is 0 Å². The number of rotatable bonds is 3. The monoisotopic (exact) mass is 394 g/mol. The van der Waals surface area contributed by atoms with Crippen LogP contribution in [0.15, 0.2) is 42.9 Å². The molecule has 29 heavy (non-hydrogen) atoms. The molecule has 0 bridgehead atoms. The first-order chi connectivity index (χ1) is 13.9. The fourth-order valence-electron chi connectivity index (χ4n) is 3.53. The van der Waals surface area contributed by atoms with Crippen LogP contribution in [0.5, 0.6) is 11.6 Å². The van der Waals surface area contributed by atoms with E-state index in [0.29, 0.717) is 19.0 Å². The zero-order valence-corrected chi connectivity index (χ0v) is 17.0. The Balaban J connectivity index is 1.39. The molecular formula is C22H26N4O3. The SMILES string of the molecule is CC(C)(C)OC(=O)N1CCC(c2cc(Oc3ccc4[nH]ccc4c3)ncn2)CC1. The Bertz CT molecular complexity index is 1000. The third-order valence-corrected chi connectivity index (χ3v) is 4.98. The first-order valence-corrected chi connectivity index (χ1v) is 9.92. The number of nitrogens with one attached hydrogen (secondary N) is 1. The molecule has 1 aliphatic rings. The molecular weight excluding hydrogens is 368 g/mol. The molecule has 152 valence electrons. The molecule has 4 rings (SSSR count). The van der Waals surface area contributed by atoms with E-state index in [4.69, 9.17) is 9.47 Å². The number of benzene rings is 1. The van der Waals surface area contributed by atoms with Gasteiger partial charge in [-0.1, -0.05) is 0 Å². The Kier molecular flexibility index (Phi) is 5.13. The van der Waals surface area contributed by atoms with Gasteiger partial charge < -0.3 is 19.4 Å². The highest BCUT2D eigenvalue weighted by Crippen LogP contribution is 2.30. The zero-order valence-electron chi connectivity index (χ0n) is 17.0. The van der Waals surface area contributed by atoms with Crippen LogP contribution in [0.4, 0.5) is 4.79 Å². The number of carbonyl (C=O) groups excluding carboxylic acids is 1. The number of fused-ring (bicyclic) bond motifs is 1. The second-order valence-corrected chi connectivity index (χ2v) is 8.35. The summed E-state index contributed by atoms with van der Waals surface area (Å²) in [6, 6.07) is 9.78. The van der Waals surface area contributed by atoms with Gasteiger partial charge in [0.25, 0.3) is 0 Å². The molecule has 1 amide bonds. The molecule has 1 saturated heterocycles.